The summed E-state index contributed by atoms with van der Waals surface area (Å²) in [6, 6.07) is 8.72. The van der Waals surface area contributed by atoms with Gasteiger partial charge >= 0.3 is 5.97 Å². The molecule has 1 aliphatic rings. The quantitative estimate of drug-likeness (QED) is 0.479. The Morgan fingerprint density at radius 2 is 2.08 bits per heavy atom. The van der Waals surface area contributed by atoms with Gasteiger partial charge in [0, 0.05) is 12.6 Å². The molecule has 2 heterocycles. The van der Waals surface area contributed by atoms with Crippen molar-refractivity contribution in [1.82, 2.24) is 9.97 Å². The highest BCUT2D eigenvalue weighted by atomic mass is 32.2. The van der Waals surface area contributed by atoms with Crippen LogP contribution < -0.4 is 10.6 Å². The highest BCUT2D eigenvalue weighted by Crippen LogP contribution is 2.32. The molecule has 0 spiro atoms. The van der Waals surface area contributed by atoms with Crippen LogP contribution in [0.4, 0.5) is 11.5 Å². The fraction of sp³-hybridized carbons (Fsp3) is 0.235. The maximum absolute atomic E-state index is 12.6. The monoisotopic (exact) mass is 372 g/mol. The number of rotatable bonds is 5. The second-order valence-corrected chi connectivity index (χ2v) is 6.56. The molecule has 134 valence electrons. The first-order chi connectivity index (χ1) is 12.5. The summed E-state index contributed by atoms with van der Waals surface area (Å²) < 4.78 is 4.87. The molecule has 0 saturated carbocycles. The van der Waals surface area contributed by atoms with Gasteiger partial charge in [-0.25, -0.2) is 19.7 Å². The second kappa shape index (κ2) is 7.52. The van der Waals surface area contributed by atoms with Crippen LogP contribution in [0.2, 0.25) is 0 Å². The van der Waals surface area contributed by atoms with E-state index in [0.29, 0.717) is 5.69 Å². The number of ether oxygens (including phenoxy) is 1. The number of aromatic nitrogens is 2. The number of hydrogen-bond acceptors (Lipinski definition) is 8. The molecular weight excluding hydrogens is 356 g/mol. The predicted molar refractivity (Wildman–Crippen MR) is 95.6 cm³/mol. The number of para-hydroxylation sites is 1. The van der Waals surface area contributed by atoms with E-state index in [-0.39, 0.29) is 41.4 Å². The summed E-state index contributed by atoms with van der Waals surface area (Å²) in [5.41, 5.74) is 6.38. The van der Waals surface area contributed by atoms with Gasteiger partial charge in [-0.1, -0.05) is 30.0 Å². The zero-order valence-electron chi connectivity index (χ0n) is 13.9. The average molecular weight is 372 g/mol. The predicted octanol–water partition coefficient (Wildman–Crippen LogP) is 1.66. The summed E-state index contributed by atoms with van der Waals surface area (Å²) in [5.74, 6) is -1.25. The highest BCUT2D eigenvalue weighted by Gasteiger charge is 2.40. The van der Waals surface area contributed by atoms with Crippen LogP contribution in [0.5, 0.6) is 0 Å². The number of amides is 2. The number of imide groups is 1. The molecule has 1 aromatic heterocycles. The van der Waals surface area contributed by atoms with E-state index in [2.05, 4.69) is 9.97 Å². The summed E-state index contributed by atoms with van der Waals surface area (Å²) in [6.07, 6.45) is 1.31. The van der Waals surface area contributed by atoms with Gasteiger partial charge in [-0.15, -0.1) is 0 Å². The van der Waals surface area contributed by atoms with Crippen LogP contribution in [0.15, 0.2) is 41.7 Å². The third-order valence-electron chi connectivity index (χ3n) is 3.66. The van der Waals surface area contributed by atoms with Crippen LogP contribution >= 0.6 is 11.8 Å². The number of nitrogens with two attached hydrogens (primary N) is 1. The Labute approximate surface area is 153 Å². The maximum atomic E-state index is 12.6. The molecule has 26 heavy (non-hydrogen) atoms. The van der Waals surface area contributed by atoms with Crippen LogP contribution in [-0.2, 0) is 14.3 Å². The lowest BCUT2D eigenvalue weighted by Gasteiger charge is -2.14. The van der Waals surface area contributed by atoms with Crippen molar-refractivity contribution in [1.29, 1.82) is 0 Å². The number of thioether (sulfide) groups is 1. The Kier molecular flexibility index (Phi) is 5.17. The normalized spacial score (nSPS) is 16.8. The van der Waals surface area contributed by atoms with Gasteiger partial charge in [0.25, 0.3) is 0 Å². The molecule has 1 aromatic carbocycles. The SMILES string of the molecule is CCOC(=O)c1cnc(S[C@@H]2CC(=O)N(c3ccccc3)C2=O)nc1N. The Morgan fingerprint density at radius 3 is 2.73 bits per heavy atom. The number of anilines is 2. The van der Waals surface area contributed by atoms with Gasteiger partial charge < -0.3 is 10.5 Å². The summed E-state index contributed by atoms with van der Waals surface area (Å²) in [5, 5.41) is -0.424. The molecule has 2 amide bonds. The molecule has 0 unspecified atom stereocenters. The standard InChI is InChI=1S/C17H16N4O4S/c1-2-25-16(24)11-9-19-17(20-14(11)18)26-12-8-13(22)21(15(12)23)10-6-4-3-5-7-10/h3-7,9,12H,2,8H2,1H3,(H2,18,19,20)/t12-/m1/s1. The molecule has 0 bridgehead atoms. The topological polar surface area (TPSA) is 115 Å². The largest absolute Gasteiger partial charge is 0.462 e. The number of nitrogen functional groups attached to an aromatic ring is 1. The van der Waals surface area contributed by atoms with Crippen LogP contribution in [0.25, 0.3) is 0 Å². The summed E-state index contributed by atoms with van der Waals surface area (Å²) in [4.78, 5) is 45.8. The van der Waals surface area contributed by atoms with Gasteiger partial charge in [0.1, 0.15) is 16.6 Å². The molecule has 1 aliphatic heterocycles. The molecule has 8 nitrogen and oxygen atoms in total. The summed E-state index contributed by atoms with van der Waals surface area (Å²) in [6.45, 7) is 1.89. The smallest absolute Gasteiger partial charge is 0.343 e. The lowest BCUT2D eigenvalue weighted by Crippen LogP contribution is -2.31. The van der Waals surface area contributed by atoms with Crippen molar-refractivity contribution in [3.05, 3.63) is 42.1 Å². The summed E-state index contributed by atoms with van der Waals surface area (Å²) >= 11 is 1.04. The minimum atomic E-state index is -0.643. The maximum Gasteiger partial charge on any atom is 0.343 e. The van der Waals surface area contributed by atoms with Crippen molar-refractivity contribution in [3.8, 4) is 0 Å². The number of carbonyl (C=O) groups is 3. The van der Waals surface area contributed by atoms with E-state index in [9.17, 15) is 14.4 Å². The van der Waals surface area contributed by atoms with Crippen LogP contribution in [0.1, 0.15) is 23.7 Å². The van der Waals surface area contributed by atoms with Crippen LogP contribution in [-0.4, -0.2) is 39.6 Å². The molecule has 1 fully saturated rings. The lowest BCUT2D eigenvalue weighted by atomic mass is 10.3. The Bertz CT molecular complexity index is 859. The molecule has 2 aromatic rings. The molecule has 2 N–H and O–H groups in total. The van der Waals surface area contributed by atoms with Gasteiger partial charge in [-0.2, -0.15) is 0 Å². The molecule has 9 heteroatoms. The molecule has 0 aliphatic carbocycles. The molecule has 1 saturated heterocycles. The van der Waals surface area contributed by atoms with Crippen molar-refractivity contribution in [2.45, 2.75) is 23.8 Å². The fourth-order valence-electron chi connectivity index (χ4n) is 2.47. The van der Waals surface area contributed by atoms with Crippen molar-refractivity contribution in [2.75, 3.05) is 17.2 Å². The van der Waals surface area contributed by atoms with Crippen molar-refractivity contribution < 1.29 is 19.1 Å². The molecule has 3 rings (SSSR count). The minimum Gasteiger partial charge on any atom is -0.462 e. The van der Waals surface area contributed by atoms with Crippen molar-refractivity contribution in [3.63, 3.8) is 0 Å². The lowest BCUT2D eigenvalue weighted by molar-refractivity contribution is -0.121. The van der Waals surface area contributed by atoms with Gasteiger partial charge in [-0.3, -0.25) is 9.59 Å². The molecule has 1 atom stereocenters. The van der Waals surface area contributed by atoms with E-state index >= 15 is 0 Å². The third kappa shape index (κ3) is 3.52. The minimum absolute atomic E-state index is 0.0300. The van der Waals surface area contributed by atoms with Crippen LogP contribution in [0, 0.1) is 0 Å². The van der Waals surface area contributed by atoms with Crippen molar-refractivity contribution >= 4 is 41.1 Å². The van der Waals surface area contributed by atoms with Gasteiger partial charge in [0.2, 0.25) is 11.8 Å². The van der Waals surface area contributed by atoms with Gasteiger partial charge in [-0.05, 0) is 19.1 Å². The molecule has 0 radical (unpaired) electrons. The average Bonchev–Trinajstić information content (AvgIpc) is 2.89. The van der Waals surface area contributed by atoms with Gasteiger partial charge in [0.05, 0.1) is 12.3 Å². The van der Waals surface area contributed by atoms with E-state index in [1.54, 1.807) is 31.2 Å². The van der Waals surface area contributed by atoms with Crippen molar-refractivity contribution in [2.24, 2.45) is 0 Å². The first-order valence-electron chi connectivity index (χ1n) is 7.89. The number of carbonyl (C=O) groups excluding carboxylic acids is 3. The summed E-state index contributed by atoms with van der Waals surface area (Å²) in [7, 11) is 0. The Balaban J connectivity index is 1.75. The zero-order chi connectivity index (χ0) is 18.7. The van der Waals surface area contributed by atoms with E-state index in [4.69, 9.17) is 10.5 Å². The number of nitrogens with zero attached hydrogens (tertiary/aromatic N) is 3. The number of hydrogen-bond donors (Lipinski definition) is 1. The first-order valence-corrected chi connectivity index (χ1v) is 8.77. The molecular formula is C17H16N4O4S. The van der Waals surface area contributed by atoms with Crippen LogP contribution in [0.3, 0.4) is 0 Å². The Morgan fingerprint density at radius 1 is 1.35 bits per heavy atom. The fourth-order valence-corrected chi connectivity index (χ4v) is 3.42. The first kappa shape index (κ1) is 17.9. The number of esters is 1. The third-order valence-corrected chi connectivity index (χ3v) is 4.72. The zero-order valence-corrected chi connectivity index (χ0v) is 14.7. The number of benzene rings is 1. The van der Waals surface area contributed by atoms with E-state index in [0.717, 1.165) is 16.7 Å². The van der Waals surface area contributed by atoms with E-state index in [1.807, 2.05) is 6.07 Å². The van der Waals surface area contributed by atoms with Gasteiger partial charge in [0.15, 0.2) is 5.16 Å². The Hall–Kier alpha value is -2.94. The second-order valence-electron chi connectivity index (χ2n) is 5.39. The van der Waals surface area contributed by atoms with E-state index in [1.165, 1.54) is 6.20 Å². The highest BCUT2D eigenvalue weighted by molar-refractivity contribution is 8.00. The van der Waals surface area contributed by atoms with E-state index < -0.39 is 11.2 Å².